The Kier molecular flexibility index (Phi) is 6.46. The molecule has 29 heavy (non-hydrogen) atoms. The Morgan fingerprint density at radius 1 is 1.28 bits per heavy atom. The minimum atomic E-state index is -0.466. The molecule has 0 atom stereocenters. The van der Waals surface area contributed by atoms with Crippen LogP contribution in [0.3, 0.4) is 0 Å². The number of rotatable bonds is 7. The van der Waals surface area contributed by atoms with Crippen molar-refractivity contribution in [2.75, 3.05) is 26.0 Å². The summed E-state index contributed by atoms with van der Waals surface area (Å²) in [6, 6.07) is 9.63. The number of aromatic nitrogens is 2. The van der Waals surface area contributed by atoms with E-state index in [-0.39, 0.29) is 12.5 Å². The molecule has 0 unspecified atom stereocenters. The molecule has 8 heteroatoms. The van der Waals surface area contributed by atoms with E-state index in [2.05, 4.69) is 10.4 Å². The second-order valence-electron chi connectivity index (χ2n) is 6.84. The maximum atomic E-state index is 12.6. The quantitative estimate of drug-likeness (QED) is 0.603. The number of hydrogen-bond acceptors (Lipinski definition) is 6. The summed E-state index contributed by atoms with van der Waals surface area (Å²) < 4.78 is 6.72. The van der Waals surface area contributed by atoms with Crippen LogP contribution in [0, 0.1) is 6.92 Å². The number of thiophene rings is 1. The number of methoxy groups -OCH3 is 1. The molecular weight excluding hydrogens is 388 g/mol. The van der Waals surface area contributed by atoms with Gasteiger partial charge >= 0.3 is 5.97 Å². The van der Waals surface area contributed by atoms with Crippen LogP contribution >= 0.6 is 11.3 Å². The Labute approximate surface area is 173 Å². The number of nitrogens with zero attached hydrogens (tertiary/aromatic N) is 3. The maximum Gasteiger partial charge on any atom is 0.341 e. The van der Waals surface area contributed by atoms with E-state index in [0.717, 1.165) is 21.6 Å². The number of esters is 1. The minimum Gasteiger partial charge on any atom is -0.465 e. The van der Waals surface area contributed by atoms with Gasteiger partial charge < -0.3 is 10.1 Å². The van der Waals surface area contributed by atoms with Crippen molar-refractivity contribution in [2.24, 2.45) is 7.05 Å². The first-order valence-electron chi connectivity index (χ1n) is 9.12. The number of carbonyl (C=O) groups is 2. The van der Waals surface area contributed by atoms with Crippen LogP contribution in [0.5, 0.6) is 0 Å². The van der Waals surface area contributed by atoms with Gasteiger partial charge in [0.25, 0.3) is 0 Å². The van der Waals surface area contributed by atoms with Gasteiger partial charge in [-0.3, -0.25) is 14.4 Å². The van der Waals surface area contributed by atoms with E-state index in [1.54, 1.807) is 10.9 Å². The van der Waals surface area contributed by atoms with Crippen LogP contribution in [0.15, 0.2) is 42.7 Å². The highest BCUT2D eigenvalue weighted by Gasteiger charge is 2.25. The van der Waals surface area contributed by atoms with Crippen LogP contribution in [0.25, 0.3) is 11.1 Å². The Balaban J connectivity index is 1.79. The molecule has 1 amide bonds. The molecule has 0 aliphatic heterocycles. The number of hydrogen-bond donors (Lipinski definition) is 1. The van der Waals surface area contributed by atoms with Gasteiger partial charge in [-0.15, -0.1) is 11.3 Å². The Bertz CT molecular complexity index is 1010. The van der Waals surface area contributed by atoms with Gasteiger partial charge in [0.15, 0.2) is 0 Å². The first-order chi connectivity index (χ1) is 13.9. The molecule has 2 aromatic heterocycles. The first kappa shape index (κ1) is 20.8. The highest BCUT2D eigenvalue weighted by molar-refractivity contribution is 7.17. The second-order valence-corrected chi connectivity index (χ2v) is 8.06. The largest absolute Gasteiger partial charge is 0.465 e. The third-order valence-corrected chi connectivity index (χ3v) is 5.43. The van der Waals surface area contributed by atoms with Crippen LogP contribution in [0.4, 0.5) is 5.00 Å². The van der Waals surface area contributed by atoms with Gasteiger partial charge in [-0.25, -0.2) is 4.79 Å². The molecule has 0 saturated carbocycles. The predicted molar refractivity (Wildman–Crippen MR) is 114 cm³/mol. The molecule has 3 aromatic rings. The zero-order chi connectivity index (χ0) is 21.0. The minimum absolute atomic E-state index is 0.188. The van der Waals surface area contributed by atoms with E-state index >= 15 is 0 Å². The number of aryl methyl sites for hydroxylation is 2. The summed E-state index contributed by atoms with van der Waals surface area (Å²) in [4.78, 5) is 28.0. The van der Waals surface area contributed by atoms with Crippen LogP contribution in [0.1, 0.15) is 20.8 Å². The van der Waals surface area contributed by atoms with Crippen LogP contribution in [0.2, 0.25) is 0 Å². The van der Waals surface area contributed by atoms with Crippen LogP contribution < -0.4 is 5.32 Å². The molecule has 0 bridgehead atoms. The van der Waals surface area contributed by atoms with Gasteiger partial charge in [0.2, 0.25) is 5.91 Å². The zero-order valence-electron chi connectivity index (χ0n) is 16.9. The van der Waals surface area contributed by atoms with Gasteiger partial charge in [-0.2, -0.15) is 5.10 Å². The highest BCUT2D eigenvalue weighted by atomic mass is 32.1. The lowest BCUT2D eigenvalue weighted by Gasteiger charge is -2.15. The molecule has 7 nitrogen and oxygen atoms in total. The number of anilines is 1. The molecule has 1 N–H and O–H groups in total. The summed E-state index contributed by atoms with van der Waals surface area (Å²) in [5.41, 5.74) is 3.12. The number of likely N-dealkylation sites (N-methyl/N-ethyl adjacent to an activating group) is 1. The molecule has 152 valence electrons. The third-order valence-electron chi connectivity index (χ3n) is 4.41. The SMILES string of the molecule is COC(=O)c1c(NC(=O)CN(C)Cc2cnn(C)c2)sc(C)c1-c1ccccc1. The fourth-order valence-electron chi connectivity index (χ4n) is 3.21. The van der Waals surface area contributed by atoms with Crippen LogP contribution in [-0.2, 0) is 23.1 Å². The van der Waals surface area contributed by atoms with Crippen molar-refractivity contribution < 1.29 is 14.3 Å². The van der Waals surface area contributed by atoms with E-state index in [1.807, 2.05) is 62.4 Å². The molecular formula is C21H24N4O3S. The number of nitrogens with one attached hydrogen (secondary N) is 1. The normalized spacial score (nSPS) is 10.9. The summed E-state index contributed by atoms with van der Waals surface area (Å²) >= 11 is 1.38. The van der Waals surface area contributed by atoms with Crippen molar-refractivity contribution in [1.29, 1.82) is 0 Å². The zero-order valence-corrected chi connectivity index (χ0v) is 17.7. The number of carbonyl (C=O) groups excluding carboxylic acids is 2. The Hall–Kier alpha value is -2.97. The van der Waals surface area contributed by atoms with E-state index in [4.69, 9.17) is 4.74 Å². The Morgan fingerprint density at radius 2 is 2.00 bits per heavy atom. The fourth-order valence-corrected chi connectivity index (χ4v) is 4.29. The summed E-state index contributed by atoms with van der Waals surface area (Å²) in [6.45, 7) is 2.72. The predicted octanol–water partition coefficient (Wildman–Crippen LogP) is 3.31. The van der Waals surface area contributed by atoms with Crippen molar-refractivity contribution in [1.82, 2.24) is 14.7 Å². The molecule has 0 fully saturated rings. The van der Waals surface area contributed by atoms with Gasteiger partial charge in [0.1, 0.15) is 10.6 Å². The maximum absolute atomic E-state index is 12.6. The fraction of sp³-hybridized carbons (Fsp3) is 0.286. The summed E-state index contributed by atoms with van der Waals surface area (Å²) in [5.74, 6) is -0.658. The van der Waals surface area contributed by atoms with Gasteiger partial charge in [-0.05, 0) is 19.5 Å². The van der Waals surface area contributed by atoms with Crippen molar-refractivity contribution >= 4 is 28.2 Å². The average molecular weight is 413 g/mol. The summed E-state index contributed by atoms with van der Waals surface area (Å²) in [6.07, 6.45) is 3.69. The average Bonchev–Trinajstić information content (AvgIpc) is 3.23. The smallest absolute Gasteiger partial charge is 0.341 e. The number of benzene rings is 1. The molecule has 3 rings (SSSR count). The molecule has 0 spiro atoms. The number of ether oxygens (including phenoxy) is 1. The first-order valence-corrected chi connectivity index (χ1v) is 9.93. The molecule has 0 saturated heterocycles. The summed E-state index contributed by atoms with van der Waals surface area (Å²) in [7, 11) is 5.06. The lowest BCUT2D eigenvalue weighted by atomic mass is 10.0. The van der Waals surface area contributed by atoms with Crippen molar-refractivity contribution in [3.8, 4) is 11.1 Å². The van der Waals surface area contributed by atoms with E-state index in [1.165, 1.54) is 18.4 Å². The lowest BCUT2D eigenvalue weighted by Crippen LogP contribution is -2.30. The monoisotopic (exact) mass is 412 g/mol. The molecule has 2 heterocycles. The van der Waals surface area contributed by atoms with Crippen LogP contribution in [-0.4, -0.2) is 47.3 Å². The van der Waals surface area contributed by atoms with Gasteiger partial charge in [-0.1, -0.05) is 30.3 Å². The molecule has 0 aliphatic carbocycles. The van der Waals surface area contributed by atoms with Gasteiger partial charge in [0, 0.05) is 35.8 Å². The van der Waals surface area contributed by atoms with E-state index in [9.17, 15) is 9.59 Å². The second kappa shape index (κ2) is 9.02. The molecule has 1 aromatic carbocycles. The van der Waals surface area contributed by atoms with Crippen molar-refractivity contribution in [3.63, 3.8) is 0 Å². The highest BCUT2D eigenvalue weighted by Crippen LogP contribution is 2.40. The molecule has 0 radical (unpaired) electrons. The standard InChI is InChI=1S/C21H24N4O3S/c1-14-18(16-8-6-5-7-9-16)19(21(27)28-4)20(29-14)23-17(26)13-24(2)11-15-10-22-25(3)12-15/h5-10,12H,11,13H2,1-4H3,(H,23,26). The van der Waals surface area contributed by atoms with Gasteiger partial charge in [0.05, 0.1) is 19.9 Å². The van der Waals surface area contributed by atoms with Crippen molar-refractivity contribution in [2.45, 2.75) is 13.5 Å². The topological polar surface area (TPSA) is 76.5 Å². The number of amides is 1. The molecule has 0 aliphatic rings. The Morgan fingerprint density at radius 3 is 2.62 bits per heavy atom. The van der Waals surface area contributed by atoms with Crippen molar-refractivity contribution in [3.05, 3.63) is 58.7 Å². The lowest BCUT2D eigenvalue weighted by molar-refractivity contribution is -0.117. The van der Waals surface area contributed by atoms with E-state index in [0.29, 0.717) is 17.1 Å². The summed E-state index contributed by atoms with van der Waals surface area (Å²) in [5, 5.41) is 7.54. The van der Waals surface area contributed by atoms with E-state index < -0.39 is 5.97 Å². The third kappa shape index (κ3) is 4.90.